The Bertz CT molecular complexity index is 629. The van der Waals surface area contributed by atoms with E-state index < -0.39 is 0 Å². The largest absolute Gasteiger partial charge is 0.361 e. The number of aromatic nitrogens is 2. The maximum absolute atomic E-state index is 9.32. The third-order valence-electron chi connectivity index (χ3n) is 3.49. The van der Waals surface area contributed by atoms with Crippen molar-refractivity contribution in [2.24, 2.45) is 0 Å². The van der Waals surface area contributed by atoms with Gasteiger partial charge in [-0.05, 0) is 31.4 Å². The zero-order chi connectivity index (χ0) is 14.5. The second kappa shape index (κ2) is 6.16. The van der Waals surface area contributed by atoms with E-state index in [1.54, 1.807) is 0 Å². The fourth-order valence-corrected chi connectivity index (χ4v) is 2.12. The predicted molar refractivity (Wildman–Crippen MR) is 79.3 cm³/mol. The normalized spacial score (nSPS) is 11.7. The highest BCUT2D eigenvalue weighted by atomic mass is 15.2. The number of anilines is 1. The Labute approximate surface area is 119 Å². The molecule has 1 N–H and O–H groups in total. The van der Waals surface area contributed by atoms with E-state index in [0.717, 1.165) is 17.7 Å². The lowest BCUT2D eigenvalue weighted by Gasteiger charge is -2.19. The lowest BCUT2D eigenvalue weighted by Crippen LogP contribution is -2.13. The third kappa shape index (κ3) is 2.77. The Hall–Kier alpha value is -2.41. The second-order valence-electron chi connectivity index (χ2n) is 4.76. The van der Waals surface area contributed by atoms with Crippen LogP contribution in [0.5, 0.6) is 0 Å². The average Bonchev–Trinajstić information content (AvgIpc) is 2.49. The van der Waals surface area contributed by atoms with Gasteiger partial charge >= 0.3 is 0 Å². The van der Waals surface area contributed by atoms with E-state index in [1.807, 2.05) is 32.0 Å². The molecule has 2 aromatic rings. The van der Waals surface area contributed by atoms with Crippen molar-refractivity contribution in [2.75, 3.05) is 5.32 Å². The molecule has 0 saturated carbocycles. The average molecular weight is 266 g/mol. The van der Waals surface area contributed by atoms with E-state index in [2.05, 4.69) is 40.6 Å². The van der Waals surface area contributed by atoms with Gasteiger partial charge in [-0.3, -0.25) is 0 Å². The quantitative estimate of drug-likeness (QED) is 0.919. The maximum Gasteiger partial charge on any atom is 0.167 e. The topological polar surface area (TPSA) is 61.6 Å². The Balaban J connectivity index is 2.34. The summed E-state index contributed by atoms with van der Waals surface area (Å²) in [5, 5.41) is 20.9. The summed E-state index contributed by atoms with van der Waals surface area (Å²) in [6.45, 7) is 5.86. The Kier molecular flexibility index (Phi) is 4.31. The number of rotatable bonds is 4. The number of hydrogen-bond donors (Lipinski definition) is 1. The summed E-state index contributed by atoms with van der Waals surface area (Å²) in [5.41, 5.74) is 3.43. The van der Waals surface area contributed by atoms with E-state index in [0.29, 0.717) is 11.4 Å². The minimum absolute atomic E-state index is 0.125. The predicted octanol–water partition coefficient (Wildman–Crippen LogP) is 3.53. The SMILES string of the molecule is CCC(Nc1nnc(C)c(C)c1C#N)c1ccccc1. The Morgan fingerprint density at radius 1 is 1.20 bits per heavy atom. The van der Waals surface area contributed by atoms with Gasteiger partial charge < -0.3 is 5.32 Å². The lowest BCUT2D eigenvalue weighted by molar-refractivity contribution is 0.738. The van der Waals surface area contributed by atoms with Crippen LogP contribution in [0.15, 0.2) is 30.3 Å². The van der Waals surface area contributed by atoms with Crippen LogP contribution in [-0.4, -0.2) is 10.2 Å². The smallest absolute Gasteiger partial charge is 0.167 e. The van der Waals surface area contributed by atoms with Crippen LogP contribution in [0.1, 0.15) is 41.8 Å². The standard InChI is InChI=1S/C16H18N4/c1-4-15(13-8-6-5-7-9-13)18-16-14(10-17)11(2)12(3)19-20-16/h5-9,15H,4H2,1-3H3,(H,18,20). The van der Waals surface area contributed by atoms with E-state index in [4.69, 9.17) is 0 Å². The van der Waals surface area contributed by atoms with Crippen molar-refractivity contribution >= 4 is 5.82 Å². The second-order valence-corrected chi connectivity index (χ2v) is 4.76. The van der Waals surface area contributed by atoms with Crippen molar-refractivity contribution in [1.29, 1.82) is 5.26 Å². The Morgan fingerprint density at radius 2 is 1.90 bits per heavy atom. The van der Waals surface area contributed by atoms with Crippen LogP contribution in [0, 0.1) is 25.2 Å². The van der Waals surface area contributed by atoms with Crippen molar-refractivity contribution in [3.63, 3.8) is 0 Å². The molecule has 4 heteroatoms. The highest BCUT2D eigenvalue weighted by Gasteiger charge is 2.15. The van der Waals surface area contributed by atoms with Gasteiger partial charge in [0.05, 0.1) is 11.7 Å². The molecule has 4 nitrogen and oxygen atoms in total. The molecular weight excluding hydrogens is 248 g/mol. The van der Waals surface area contributed by atoms with Gasteiger partial charge in [0, 0.05) is 0 Å². The van der Waals surface area contributed by atoms with Crippen LogP contribution >= 0.6 is 0 Å². The summed E-state index contributed by atoms with van der Waals surface area (Å²) in [5.74, 6) is 0.561. The highest BCUT2D eigenvalue weighted by molar-refractivity contribution is 5.56. The van der Waals surface area contributed by atoms with Gasteiger partial charge in [-0.1, -0.05) is 37.3 Å². The van der Waals surface area contributed by atoms with Crippen molar-refractivity contribution in [3.8, 4) is 6.07 Å². The number of nitrogens with zero attached hydrogens (tertiary/aromatic N) is 3. The molecule has 1 heterocycles. The zero-order valence-electron chi connectivity index (χ0n) is 12.0. The van der Waals surface area contributed by atoms with Gasteiger partial charge in [0.15, 0.2) is 5.82 Å². The highest BCUT2D eigenvalue weighted by Crippen LogP contribution is 2.24. The molecule has 1 unspecified atom stereocenters. The van der Waals surface area contributed by atoms with E-state index in [9.17, 15) is 5.26 Å². The van der Waals surface area contributed by atoms with Gasteiger partial charge in [0.25, 0.3) is 0 Å². The molecule has 102 valence electrons. The molecule has 0 aliphatic rings. The summed E-state index contributed by atoms with van der Waals surface area (Å²) in [7, 11) is 0. The molecule has 0 bridgehead atoms. The number of nitrogens with one attached hydrogen (secondary N) is 1. The number of hydrogen-bond acceptors (Lipinski definition) is 4. The maximum atomic E-state index is 9.32. The first-order chi connectivity index (χ1) is 9.67. The molecule has 1 aromatic carbocycles. The molecule has 0 aliphatic heterocycles. The van der Waals surface area contributed by atoms with E-state index >= 15 is 0 Å². The van der Waals surface area contributed by atoms with E-state index in [-0.39, 0.29) is 6.04 Å². The van der Waals surface area contributed by atoms with Gasteiger partial charge in [-0.15, -0.1) is 5.10 Å². The monoisotopic (exact) mass is 266 g/mol. The molecule has 1 atom stereocenters. The molecular formula is C16H18N4. The van der Waals surface area contributed by atoms with Crippen LogP contribution in [0.3, 0.4) is 0 Å². The van der Waals surface area contributed by atoms with Crippen LogP contribution in [0.4, 0.5) is 5.82 Å². The van der Waals surface area contributed by atoms with E-state index in [1.165, 1.54) is 5.56 Å². The Morgan fingerprint density at radius 3 is 2.50 bits per heavy atom. The summed E-state index contributed by atoms with van der Waals surface area (Å²) in [4.78, 5) is 0. The number of aryl methyl sites for hydroxylation is 1. The fraction of sp³-hybridized carbons (Fsp3) is 0.312. The summed E-state index contributed by atoms with van der Waals surface area (Å²) < 4.78 is 0. The first kappa shape index (κ1) is 14.0. The number of benzene rings is 1. The van der Waals surface area contributed by atoms with Crippen molar-refractivity contribution in [2.45, 2.75) is 33.2 Å². The lowest BCUT2D eigenvalue weighted by atomic mass is 10.0. The van der Waals surface area contributed by atoms with Crippen molar-refractivity contribution in [1.82, 2.24) is 10.2 Å². The van der Waals surface area contributed by atoms with Crippen molar-refractivity contribution < 1.29 is 0 Å². The zero-order valence-corrected chi connectivity index (χ0v) is 12.0. The fourth-order valence-electron chi connectivity index (χ4n) is 2.12. The first-order valence-corrected chi connectivity index (χ1v) is 6.72. The van der Waals surface area contributed by atoms with Gasteiger partial charge in [-0.2, -0.15) is 10.4 Å². The van der Waals surface area contributed by atoms with Crippen molar-refractivity contribution in [3.05, 3.63) is 52.7 Å². The molecule has 0 amide bonds. The summed E-state index contributed by atoms with van der Waals surface area (Å²) in [6.07, 6.45) is 0.906. The van der Waals surface area contributed by atoms with Crippen LogP contribution in [0.2, 0.25) is 0 Å². The molecule has 0 radical (unpaired) electrons. The summed E-state index contributed by atoms with van der Waals surface area (Å²) in [6, 6.07) is 12.5. The van der Waals surface area contributed by atoms with Crippen LogP contribution in [0.25, 0.3) is 0 Å². The molecule has 20 heavy (non-hydrogen) atoms. The molecule has 2 rings (SSSR count). The molecule has 0 aliphatic carbocycles. The molecule has 0 fully saturated rings. The van der Waals surface area contributed by atoms with Crippen LogP contribution < -0.4 is 5.32 Å². The van der Waals surface area contributed by atoms with Crippen LogP contribution in [-0.2, 0) is 0 Å². The number of nitriles is 1. The van der Waals surface area contributed by atoms with Gasteiger partial charge in [0.2, 0.25) is 0 Å². The summed E-state index contributed by atoms with van der Waals surface area (Å²) >= 11 is 0. The molecule has 0 saturated heterocycles. The minimum Gasteiger partial charge on any atom is -0.361 e. The van der Waals surface area contributed by atoms with Gasteiger partial charge in [-0.25, -0.2) is 0 Å². The van der Waals surface area contributed by atoms with Gasteiger partial charge in [0.1, 0.15) is 11.6 Å². The molecule has 1 aromatic heterocycles. The molecule has 0 spiro atoms. The first-order valence-electron chi connectivity index (χ1n) is 6.72. The minimum atomic E-state index is 0.125. The third-order valence-corrected chi connectivity index (χ3v) is 3.49.